The van der Waals surface area contributed by atoms with E-state index in [1.54, 1.807) is 0 Å². The van der Waals surface area contributed by atoms with E-state index in [9.17, 15) is 4.79 Å². The first-order valence-electron chi connectivity index (χ1n) is 8.01. The van der Waals surface area contributed by atoms with Gasteiger partial charge < -0.3 is 5.32 Å². The number of amides is 1. The number of nitrogens with one attached hydrogen (secondary N) is 1. The molecule has 0 radical (unpaired) electrons. The van der Waals surface area contributed by atoms with Crippen molar-refractivity contribution in [2.45, 2.75) is 45.4 Å². The molecule has 4 saturated carbocycles. The fraction of sp³-hybridized carbons (Fsp3) is 0.938. The second-order valence-electron chi connectivity index (χ2n) is 7.28. The van der Waals surface area contributed by atoms with Gasteiger partial charge in [-0.3, -0.25) is 4.79 Å². The summed E-state index contributed by atoms with van der Waals surface area (Å²) in [5.74, 6) is 5.14. The van der Waals surface area contributed by atoms with E-state index in [4.69, 9.17) is 11.6 Å². The van der Waals surface area contributed by atoms with Crippen molar-refractivity contribution in [3.8, 4) is 0 Å². The highest BCUT2D eigenvalue weighted by molar-refractivity contribution is 6.17. The molecule has 0 spiro atoms. The summed E-state index contributed by atoms with van der Waals surface area (Å²) >= 11 is 5.75. The molecule has 2 nitrogen and oxygen atoms in total. The van der Waals surface area contributed by atoms with Crippen LogP contribution in [-0.4, -0.2) is 18.3 Å². The quantitative estimate of drug-likeness (QED) is 0.770. The molecule has 4 bridgehead atoms. The van der Waals surface area contributed by atoms with Crippen LogP contribution in [0, 0.1) is 35.5 Å². The SMILES string of the molecule is CC(CCCl)CNC(=O)C1C2CC3CC(C2)CC1C3. The average molecular weight is 284 g/mol. The summed E-state index contributed by atoms with van der Waals surface area (Å²) in [7, 11) is 0. The molecular weight excluding hydrogens is 258 g/mol. The fourth-order valence-electron chi connectivity index (χ4n) is 5.03. The second-order valence-corrected chi connectivity index (χ2v) is 7.66. The maximum Gasteiger partial charge on any atom is 0.223 e. The molecule has 3 heteroatoms. The smallest absolute Gasteiger partial charge is 0.223 e. The minimum Gasteiger partial charge on any atom is -0.356 e. The first-order valence-corrected chi connectivity index (χ1v) is 8.54. The van der Waals surface area contributed by atoms with Crippen LogP contribution in [0.25, 0.3) is 0 Å². The van der Waals surface area contributed by atoms with E-state index in [1.165, 1.54) is 32.1 Å². The van der Waals surface area contributed by atoms with E-state index in [-0.39, 0.29) is 0 Å². The van der Waals surface area contributed by atoms with Gasteiger partial charge in [0.1, 0.15) is 0 Å². The third-order valence-corrected chi connectivity index (χ3v) is 5.97. The molecule has 1 amide bonds. The summed E-state index contributed by atoms with van der Waals surface area (Å²) in [6, 6.07) is 0. The van der Waals surface area contributed by atoms with Crippen LogP contribution >= 0.6 is 11.6 Å². The average Bonchev–Trinajstić information content (AvgIpc) is 2.35. The first-order chi connectivity index (χ1) is 9.17. The monoisotopic (exact) mass is 283 g/mol. The van der Waals surface area contributed by atoms with Crippen molar-refractivity contribution < 1.29 is 4.79 Å². The van der Waals surface area contributed by atoms with Gasteiger partial charge in [0.15, 0.2) is 0 Å². The molecule has 0 aromatic carbocycles. The Kier molecular flexibility index (Phi) is 4.07. The third kappa shape index (κ3) is 2.79. The molecule has 0 saturated heterocycles. The molecular formula is C16H26ClNO. The molecule has 1 N–H and O–H groups in total. The van der Waals surface area contributed by atoms with Gasteiger partial charge in [-0.05, 0) is 68.1 Å². The van der Waals surface area contributed by atoms with Gasteiger partial charge in [0, 0.05) is 18.3 Å². The minimum absolute atomic E-state index is 0.330. The zero-order valence-corrected chi connectivity index (χ0v) is 12.7. The maximum atomic E-state index is 12.5. The van der Waals surface area contributed by atoms with Crippen LogP contribution in [-0.2, 0) is 4.79 Å². The predicted molar refractivity (Wildman–Crippen MR) is 78.0 cm³/mol. The van der Waals surface area contributed by atoms with E-state index in [2.05, 4.69) is 12.2 Å². The van der Waals surface area contributed by atoms with Gasteiger partial charge in [0.25, 0.3) is 0 Å². The lowest BCUT2D eigenvalue weighted by Crippen LogP contribution is -2.51. The van der Waals surface area contributed by atoms with Crippen LogP contribution in [0.5, 0.6) is 0 Å². The number of halogens is 1. The molecule has 1 unspecified atom stereocenters. The highest BCUT2D eigenvalue weighted by atomic mass is 35.5. The van der Waals surface area contributed by atoms with Crippen LogP contribution in [0.1, 0.15) is 45.4 Å². The normalized spacial score (nSPS) is 41.3. The van der Waals surface area contributed by atoms with Crippen molar-refractivity contribution in [1.29, 1.82) is 0 Å². The maximum absolute atomic E-state index is 12.5. The van der Waals surface area contributed by atoms with Gasteiger partial charge in [-0.25, -0.2) is 0 Å². The number of hydrogen-bond donors (Lipinski definition) is 1. The number of hydrogen-bond acceptors (Lipinski definition) is 1. The number of carbonyl (C=O) groups excluding carboxylic acids is 1. The Bertz CT molecular complexity index is 316. The number of carbonyl (C=O) groups is 1. The van der Waals surface area contributed by atoms with Gasteiger partial charge in [-0.2, -0.15) is 0 Å². The molecule has 1 atom stereocenters. The topological polar surface area (TPSA) is 29.1 Å². The summed E-state index contributed by atoms with van der Waals surface area (Å²) in [5, 5.41) is 3.20. The van der Waals surface area contributed by atoms with Crippen LogP contribution in [0.15, 0.2) is 0 Å². The van der Waals surface area contributed by atoms with Gasteiger partial charge in [0.2, 0.25) is 5.91 Å². The molecule has 4 aliphatic rings. The largest absolute Gasteiger partial charge is 0.356 e. The summed E-state index contributed by atoms with van der Waals surface area (Å²) in [6.07, 6.45) is 7.73. The first kappa shape index (κ1) is 13.7. The Morgan fingerprint density at radius 3 is 2.26 bits per heavy atom. The second kappa shape index (κ2) is 5.63. The van der Waals surface area contributed by atoms with Crippen molar-refractivity contribution in [3.63, 3.8) is 0 Å². The summed E-state index contributed by atoms with van der Waals surface area (Å²) in [6.45, 7) is 2.97. The highest BCUT2D eigenvalue weighted by Gasteiger charge is 2.50. The summed E-state index contributed by atoms with van der Waals surface area (Å²) in [4.78, 5) is 12.5. The minimum atomic E-state index is 0.330. The van der Waals surface area contributed by atoms with Gasteiger partial charge in [-0.15, -0.1) is 11.6 Å². The molecule has 0 aliphatic heterocycles. The van der Waals surface area contributed by atoms with Gasteiger partial charge in [-0.1, -0.05) is 6.92 Å². The standard InChI is InChI=1S/C16H26ClNO/c1-10(2-3-17)9-18-16(19)15-13-5-11-4-12(7-13)8-14(15)6-11/h10-15H,2-9H2,1H3,(H,18,19). The zero-order valence-electron chi connectivity index (χ0n) is 11.9. The molecule has 4 rings (SSSR count). The van der Waals surface area contributed by atoms with Crippen molar-refractivity contribution in [2.75, 3.05) is 12.4 Å². The van der Waals surface area contributed by atoms with Crippen molar-refractivity contribution >= 4 is 17.5 Å². The zero-order chi connectivity index (χ0) is 13.4. The van der Waals surface area contributed by atoms with E-state index < -0.39 is 0 Å². The third-order valence-electron chi connectivity index (χ3n) is 5.76. The number of rotatable bonds is 5. The summed E-state index contributed by atoms with van der Waals surface area (Å²) < 4.78 is 0. The van der Waals surface area contributed by atoms with Crippen molar-refractivity contribution in [2.24, 2.45) is 35.5 Å². The predicted octanol–water partition coefficient (Wildman–Crippen LogP) is 3.44. The van der Waals surface area contributed by atoms with Crippen LogP contribution in [0.3, 0.4) is 0 Å². The molecule has 108 valence electrons. The van der Waals surface area contributed by atoms with E-state index >= 15 is 0 Å². The Labute approximate surface area is 121 Å². The van der Waals surface area contributed by atoms with E-state index in [0.29, 0.717) is 35.5 Å². The number of alkyl halides is 1. The van der Waals surface area contributed by atoms with Gasteiger partial charge in [0.05, 0.1) is 0 Å². The molecule has 4 fully saturated rings. The fourth-order valence-corrected chi connectivity index (χ4v) is 5.41. The lowest BCUT2D eigenvalue weighted by Gasteiger charge is -2.53. The van der Waals surface area contributed by atoms with E-state index in [1.807, 2.05) is 0 Å². The summed E-state index contributed by atoms with van der Waals surface area (Å²) in [5.41, 5.74) is 0. The highest BCUT2D eigenvalue weighted by Crippen LogP contribution is 2.56. The lowest BCUT2D eigenvalue weighted by atomic mass is 9.51. The molecule has 0 aromatic rings. The van der Waals surface area contributed by atoms with Crippen molar-refractivity contribution in [1.82, 2.24) is 5.32 Å². The molecule has 0 aromatic heterocycles. The molecule has 0 heterocycles. The molecule has 4 aliphatic carbocycles. The van der Waals surface area contributed by atoms with Crippen LogP contribution < -0.4 is 5.32 Å². The van der Waals surface area contributed by atoms with Gasteiger partial charge >= 0.3 is 0 Å². The Balaban J connectivity index is 1.55. The Morgan fingerprint density at radius 2 is 1.74 bits per heavy atom. The molecule has 19 heavy (non-hydrogen) atoms. The Hall–Kier alpha value is -0.240. The van der Waals surface area contributed by atoms with E-state index in [0.717, 1.165) is 24.8 Å². The van der Waals surface area contributed by atoms with Crippen LogP contribution in [0.4, 0.5) is 0 Å². The van der Waals surface area contributed by atoms with Crippen molar-refractivity contribution in [3.05, 3.63) is 0 Å². The van der Waals surface area contributed by atoms with Crippen LogP contribution in [0.2, 0.25) is 0 Å². The Morgan fingerprint density at radius 1 is 1.16 bits per heavy atom. The lowest BCUT2D eigenvalue weighted by molar-refractivity contribution is -0.138.